The van der Waals surface area contributed by atoms with E-state index >= 15 is 0 Å². The second kappa shape index (κ2) is 8.10. The number of carbonyl (C=O) groups is 1. The molecule has 1 amide bonds. The van der Waals surface area contributed by atoms with Crippen molar-refractivity contribution in [3.05, 3.63) is 66.1 Å². The Morgan fingerprint density at radius 1 is 1.08 bits per heavy atom. The average Bonchev–Trinajstić information content (AvgIpc) is 3.14. The molecule has 3 rings (SSSR count). The SMILES string of the molecule is COc1ccc(-c2nnc(CCC(=O)NCc3ccccc3)o2)cc1. The molecule has 0 atom stereocenters. The summed E-state index contributed by atoms with van der Waals surface area (Å²) in [7, 11) is 1.61. The molecule has 128 valence electrons. The predicted octanol–water partition coefficient (Wildman–Crippen LogP) is 2.99. The first-order valence-corrected chi connectivity index (χ1v) is 8.02. The third-order valence-electron chi connectivity index (χ3n) is 3.70. The number of hydrogen-bond acceptors (Lipinski definition) is 5. The van der Waals surface area contributed by atoms with Crippen molar-refractivity contribution in [3.63, 3.8) is 0 Å². The van der Waals surface area contributed by atoms with Crippen LogP contribution in [0.25, 0.3) is 11.5 Å². The fourth-order valence-electron chi connectivity index (χ4n) is 2.31. The Morgan fingerprint density at radius 2 is 1.84 bits per heavy atom. The second-order valence-electron chi connectivity index (χ2n) is 5.49. The van der Waals surface area contributed by atoms with E-state index in [1.54, 1.807) is 7.11 Å². The number of aryl methyl sites for hydroxylation is 1. The van der Waals surface area contributed by atoms with Gasteiger partial charge in [-0.3, -0.25) is 4.79 Å². The summed E-state index contributed by atoms with van der Waals surface area (Å²) >= 11 is 0. The zero-order valence-electron chi connectivity index (χ0n) is 13.9. The Labute approximate surface area is 145 Å². The highest BCUT2D eigenvalue weighted by Gasteiger charge is 2.10. The first kappa shape index (κ1) is 16.7. The number of hydrogen-bond donors (Lipinski definition) is 1. The lowest BCUT2D eigenvalue weighted by atomic mass is 10.2. The molecule has 2 aromatic carbocycles. The van der Waals surface area contributed by atoms with E-state index in [0.717, 1.165) is 16.9 Å². The maximum absolute atomic E-state index is 11.9. The van der Waals surface area contributed by atoms with Gasteiger partial charge in [0.2, 0.25) is 17.7 Å². The first-order chi connectivity index (χ1) is 12.2. The lowest BCUT2D eigenvalue weighted by Crippen LogP contribution is -2.22. The van der Waals surface area contributed by atoms with Gasteiger partial charge in [-0.25, -0.2) is 0 Å². The summed E-state index contributed by atoms with van der Waals surface area (Å²) in [5.41, 5.74) is 1.88. The zero-order valence-corrected chi connectivity index (χ0v) is 13.9. The highest BCUT2D eigenvalue weighted by Crippen LogP contribution is 2.21. The highest BCUT2D eigenvalue weighted by atomic mass is 16.5. The van der Waals surface area contributed by atoms with Gasteiger partial charge in [0.05, 0.1) is 7.11 Å². The van der Waals surface area contributed by atoms with Gasteiger partial charge in [0.1, 0.15) is 5.75 Å². The number of rotatable bonds is 7. The number of benzene rings is 2. The Bertz CT molecular complexity index is 813. The molecule has 0 aliphatic rings. The van der Waals surface area contributed by atoms with Crippen LogP contribution in [0.1, 0.15) is 17.9 Å². The highest BCUT2D eigenvalue weighted by molar-refractivity contribution is 5.76. The summed E-state index contributed by atoms with van der Waals surface area (Å²) in [6.45, 7) is 0.514. The monoisotopic (exact) mass is 337 g/mol. The molecule has 0 bridgehead atoms. The van der Waals surface area contributed by atoms with Crippen molar-refractivity contribution in [2.45, 2.75) is 19.4 Å². The fraction of sp³-hybridized carbons (Fsp3) is 0.211. The smallest absolute Gasteiger partial charge is 0.247 e. The number of nitrogens with one attached hydrogen (secondary N) is 1. The molecular weight excluding hydrogens is 318 g/mol. The molecular formula is C19H19N3O3. The van der Waals surface area contributed by atoms with Gasteiger partial charge in [-0.15, -0.1) is 10.2 Å². The molecule has 0 aliphatic carbocycles. The summed E-state index contributed by atoms with van der Waals surface area (Å²) in [6, 6.07) is 17.1. The molecule has 6 heteroatoms. The molecule has 0 unspecified atom stereocenters. The van der Waals surface area contributed by atoms with Crippen molar-refractivity contribution in [1.82, 2.24) is 15.5 Å². The van der Waals surface area contributed by atoms with Crippen LogP contribution in [0.4, 0.5) is 0 Å². The minimum atomic E-state index is -0.0481. The number of carbonyl (C=O) groups excluding carboxylic acids is 1. The summed E-state index contributed by atoms with van der Waals surface area (Å²) in [4.78, 5) is 11.9. The molecule has 1 heterocycles. The standard InChI is InChI=1S/C19H19N3O3/c1-24-16-9-7-15(8-10-16)19-22-21-18(25-19)12-11-17(23)20-13-14-5-3-2-4-6-14/h2-10H,11-13H2,1H3,(H,20,23). The van der Waals surface area contributed by atoms with E-state index < -0.39 is 0 Å². The predicted molar refractivity (Wildman–Crippen MR) is 92.9 cm³/mol. The van der Waals surface area contributed by atoms with Crippen LogP contribution in [0, 0.1) is 0 Å². The van der Waals surface area contributed by atoms with Crippen LogP contribution in [0.3, 0.4) is 0 Å². The van der Waals surface area contributed by atoms with E-state index in [0.29, 0.717) is 31.2 Å². The Kier molecular flexibility index (Phi) is 5.41. The molecule has 0 radical (unpaired) electrons. The number of ether oxygens (including phenoxy) is 1. The Hall–Kier alpha value is -3.15. The molecule has 3 aromatic rings. The van der Waals surface area contributed by atoms with Crippen molar-refractivity contribution in [2.24, 2.45) is 0 Å². The van der Waals surface area contributed by atoms with Gasteiger partial charge in [-0.2, -0.15) is 0 Å². The third-order valence-corrected chi connectivity index (χ3v) is 3.70. The quantitative estimate of drug-likeness (QED) is 0.717. The second-order valence-corrected chi connectivity index (χ2v) is 5.49. The van der Waals surface area contributed by atoms with Crippen molar-refractivity contribution in [3.8, 4) is 17.2 Å². The number of amides is 1. The van der Waals surface area contributed by atoms with Gasteiger partial charge in [0.25, 0.3) is 0 Å². The number of nitrogens with zero attached hydrogens (tertiary/aromatic N) is 2. The van der Waals surface area contributed by atoms with E-state index in [4.69, 9.17) is 9.15 Å². The van der Waals surface area contributed by atoms with Crippen molar-refractivity contribution < 1.29 is 13.9 Å². The lowest BCUT2D eigenvalue weighted by molar-refractivity contribution is -0.121. The van der Waals surface area contributed by atoms with Crippen LogP contribution in [-0.4, -0.2) is 23.2 Å². The van der Waals surface area contributed by atoms with Gasteiger partial charge in [-0.1, -0.05) is 30.3 Å². The van der Waals surface area contributed by atoms with Gasteiger partial charge in [0.15, 0.2) is 0 Å². The molecule has 1 N–H and O–H groups in total. The van der Waals surface area contributed by atoms with Crippen LogP contribution in [0.5, 0.6) is 5.75 Å². The Morgan fingerprint density at radius 3 is 2.56 bits per heavy atom. The van der Waals surface area contributed by atoms with Crippen molar-refractivity contribution >= 4 is 5.91 Å². The van der Waals surface area contributed by atoms with Crippen molar-refractivity contribution in [1.29, 1.82) is 0 Å². The van der Waals surface area contributed by atoms with Gasteiger partial charge in [-0.05, 0) is 29.8 Å². The first-order valence-electron chi connectivity index (χ1n) is 8.02. The summed E-state index contributed by atoms with van der Waals surface area (Å²) < 4.78 is 10.7. The van der Waals surface area contributed by atoms with Crippen LogP contribution >= 0.6 is 0 Å². The maximum atomic E-state index is 11.9. The summed E-state index contributed by atoms with van der Waals surface area (Å²) in [6.07, 6.45) is 0.709. The Balaban J connectivity index is 1.50. The average molecular weight is 337 g/mol. The zero-order chi connectivity index (χ0) is 17.5. The number of aromatic nitrogens is 2. The number of methoxy groups -OCH3 is 1. The largest absolute Gasteiger partial charge is 0.497 e. The molecule has 6 nitrogen and oxygen atoms in total. The fourth-order valence-corrected chi connectivity index (χ4v) is 2.31. The molecule has 25 heavy (non-hydrogen) atoms. The normalized spacial score (nSPS) is 10.4. The minimum Gasteiger partial charge on any atom is -0.497 e. The van der Waals surface area contributed by atoms with Crippen molar-refractivity contribution in [2.75, 3.05) is 7.11 Å². The van der Waals surface area contributed by atoms with Gasteiger partial charge in [0, 0.05) is 24.9 Å². The van der Waals surface area contributed by atoms with E-state index in [2.05, 4.69) is 15.5 Å². The topological polar surface area (TPSA) is 77.2 Å². The van der Waals surface area contributed by atoms with E-state index in [1.807, 2.05) is 54.6 Å². The molecule has 0 spiro atoms. The van der Waals surface area contributed by atoms with Crippen LogP contribution < -0.4 is 10.1 Å². The lowest BCUT2D eigenvalue weighted by Gasteiger charge is -2.04. The third kappa shape index (κ3) is 4.67. The summed E-state index contributed by atoms with van der Waals surface area (Å²) in [5, 5.41) is 10.9. The van der Waals surface area contributed by atoms with Crippen LogP contribution in [0.15, 0.2) is 59.0 Å². The molecule has 0 saturated heterocycles. The molecule has 0 saturated carbocycles. The van der Waals surface area contributed by atoms with Gasteiger partial charge >= 0.3 is 0 Å². The minimum absolute atomic E-state index is 0.0481. The van der Waals surface area contributed by atoms with Crippen LogP contribution in [-0.2, 0) is 17.8 Å². The molecule has 0 aliphatic heterocycles. The molecule has 0 fully saturated rings. The maximum Gasteiger partial charge on any atom is 0.247 e. The summed E-state index contributed by atoms with van der Waals surface area (Å²) in [5.74, 6) is 1.59. The van der Waals surface area contributed by atoms with E-state index in [1.165, 1.54) is 0 Å². The van der Waals surface area contributed by atoms with Crippen LogP contribution in [0.2, 0.25) is 0 Å². The van der Waals surface area contributed by atoms with E-state index in [9.17, 15) is 4.79 Å². The van der Waals surface area contributed by atoms with Gasteiger partial charge < -0.3 is 14.5 Å². The molecule has 1 aromatic heterocycles. The van der Waals surface area contributed by atoms with E-state index in [-0.39, 0.29) is 5.91 Å².